The molecule has 1 unspecified atom stereocenters. The lowest BCUT2D eigenvalue weighted by Crippen LogP contribution is -2.49. The van der Waals surface area contributed by atoms with E-state index in [9.17, 15) is 9.59 Å². The molecule has 1 fully saturated rings. The van der Waals surface area contributed by atoms with Gasteiger partial charge in [-0.25, -0.2) is 4.79 Å². The van der Waals surface area contributed by atoms with Gasteiger partial charge in [-0.05, 0) is 31.2 Å². The predicted octanol–water partition coefficient (Wildman–Crippen LogP) is 2.28. The molecule has 0 saturated carbocycles. The van der Waals surface area contributed by atoms with Crippen molar-refractivity contribution in [1.82, 2.24) is 10.2 Å². The molecule has 6 heteroatoms. The third kappa shape index (κ3) is 5.85. The molecule has 0 radical (unpaired) electrons. The summed E-state index contributed by atoms with van der Waals surface area (Å²) in [5.41, 5.74) is 1.09. The van der Waals surface area contributed by atoms with Crippen LogP contribution in [0.5, 0.6) is 0 Å². The lowest BCUT2D eigenvalue weighted by molar-refractivity contribution is -0.137. The first-order valence-corrected chi connectivity index (χ1v) is 8.43. The Balaban J connectivity index is 1.94. The van der Waals surface area contributed by atoms with Crippen LogP contribution in [0.2, 0.25) is 0 Å². The largest absolute Gasteiger partial charge is 0.481 e. The van der Waals surface area contributed by atoms with E-state index in [1.807, 2.05) is 30.3 Å². The number of carboxylic acids is 1. The van der Waals surface area contributed by atoms with Gasteiger partial charge in [0.2, 0.25) is 0 Å². The van der Waals surface area contributed by atoms with Crippen molar-refractivity contribution in [2.75, 3.05) is 20.3 Å². The van der Waals surface area contributed by atoms with Crippen LogP contribution in [0.1, 0.15) is 31.2 Å². The van der Waals surface area contributed by atoms with Crippen LogP contribution < -0.4 is 5.32 Å². The molecule has 1 saturated heterocycles. The van der Waals surface area contributed by atoms with Crippen molar-refractivity contribution in [3.05, 3.63) is 35.9 Å². The minimum Gasteiger partial charge on any atom is -0.481 e. The monoisotopic (exact) mass is 334 g/mol. The van der Waals surface area contributed by atoms with Crippen LogP contribution in [0.4, 0.5) is 4.79 Å². The number of nitrogens with zero attached hydrogens (tertiary/aromatic N) is 1. The molecule has 1 aromatic carbocycles. The zero-order valence-corrected chi connectivity index (χ0v) is 14.1. The van der Waals surface area contributed by atoms with E-state index in [2.05, 4.69) is 5.32 Å². The van der Waals surface area contributed by atoms with Gasteiger partial charge in [-0.3, -0.25) is 4.79 Å². The summed E-state index contributed by atoms with van der Waals surface area (Å²) in [6.45, 7) is 1.35. The first-order valence-electron chi connectivity index (χ1n) is 8.43. The quantitative estimate of drug-likeness (QED) is 0.802. The first kappa shape index (κ1) is 18.3. The summed E-state index contributed by atoms with van der Waals surface area (Å²) in [5.74, 6) is -0.847. The van der Waals surface area contributed by atoms with Gasteiger partial charge < -0.3 is 20.1 Å². The highest BCUT2D eigenvalue weighted by atomic mass is 16.5. The van der Waals surface area contributed by atoms with Crippen LogP contribution in [0, 0.1) is 0 Å². The number of carboxylic acid groups (broad SMARTS) is 1. The molecule has 0 aliphatic carbocycles. The zero-order valence-electron chi connectivity index (χ0n) is 14.1. The Morgan fingerprint density at radius 2 is 1.96 bits per heavy atom. The van der Waals surface area contributed by atoms with E-state index in [4.69, 9.17) is 9.84 Å². The number of carbonyl (C=O) groups excluding carboxylic acids is 1. The van der Waals surface area contributed by atoms with Crippen molar-refractivity contribution in [3.8, 4) is 0 Å². The molecule has 1 aliphatic heterocycles. The van der Waals surface area contributed by atoms with E-state index in [1.165, 1.54) is 0 Å². The number of benzene rings is 1. The summed E-state index contributed by atoms with van der Waals surface area (Å²) in [4.78, 5) is 25.1. The smallest absolute Gasteiger partial charge is 0.317 e. The molecule has 0 aromatic heterocycles. The maximum Gasteiger partial charge on any atom is 0.317 e. The van der Waals surface area contributed by atoms with Gasteiger partial charge in [0.1, 0.15) is 0 Å². The Labute approximate surface area is 142 Å². The molecular formula is C18H26N2O4. The highest BCUT2D eigenvalue weighted by Gasteiger charge is 2.24. The van der Waals surface area contributed by atoms with Crippen molar-refractivity contribution in [3.63, 3.8) is 0 Å². The van der Waals surface area contributed by atoms with Gasteiger partial charge in [-0.1, -0.05) is 30.3 Å². The average molecular weight is 334 g/mol. The molecule has 0 bridgehead atoms. The molecule has 1 aromatic rings. The topological polar surface area (TPSA) is 78.9 Å². The molecule has 2 N–H and O–H groups in total. The van der Waals surface area contributed by atoms with E-state index >= 15 is 0 Å². The Hall–Kier alpha value is -2.08. The lowest BCUT2D eigenvalue weighted by atomic mass is 10.0. The van der Waals surface area contributed by atoms with Crippen molar-refractivity contribution in [1.29, 1.82) is 0 Å². The molecule has 0 spiro atoms. The molecular weight excluding hydrogens is 308 g/mol. The highest BCUT2D eigenvalue weighted by molar-refractivity contribution is 5.74. The van der Waals surface area contributed by atoms with Crippen LogP contribution in [-0.4, -0.2) is 54.4 Å². The third-order valence-corrected chi connectivity index (χ3v) is 4.42. The van der Waals surface area contributed by atoms with Crippen molar-refractivity contribution >= 4 is 12.0 Å². The fourth-order valence-electron chi connectivity index (χ4n) is 2.94. The van der Waals surface area contributed by atoms with E-state index in [0.29, 0.717) is 26.1 Å². The second-order valence-electron chi connectivity index (χ2n) is 6.22. The maximum atomic E-state index is 12.5. The normalized spacial score (nSPS) is 16.4. The first-order chi connectivity index (χ1) is 11.6. The van der Waals surface area contributed by atoms with Crippen LogP contribution in [0.15, 0.2) is 30.3 Å². The second-order valence-corrected chi connectivity index (χ2v) is 6.22. The summed E-state index contributed by atoms with van der Waals surface area (Å²) < 4.78 is 5.33. The fourth-order valence-corrected chi connectivity index (χ4v) is 2.94. The van der Waals surface area contributed by atoms with Crippen molar-refractivity contribution < 1.29 is 19.4 Å². The molecule has 2 amide bonds. The van der Waals surface area contributed by atoms with Crippen molar-refractivity contribution in [2.45, 2.75) is 44.2 Å². The summed E-state index contributed by atoms with van der Waals surface area (Å²) >= 11 is 0. The van der Waals surface area contributed by atoms with E-state index < -0.39 is 5.97 Å². The van der Waals surface area contributed by atoms with Crippen LogP contribution in [-0.2, 0) is 16.0 Å². The number of nitrogens with one attached hydrogen (secondary N) is 1. The number of carbonyl (C=O) groups is 2. The van der Waals surface area contributed by atoms with Gasteiger partial charge >= 0.3 is 12.0 Å². The van der Waals surface area contributed by atoms with Gasteiger partial charge in [0.25, 0.3) is 0 Å². The third-order valence-electron chi connectivity index (χ3n) is 4.42. The van der Waals surface area contributed by atoms with Gasteiger partial charge in [0, 0.05) is 38.8 Å². The second kappa shape index (κ2) is 9.27. The van der Waals surface area contributed by atoms with Crippen LogP contribution in [0.25, 0.3) is 0 Å². The zero-order chi connectivity index (χ0) is 17.4. The Kier molecular flexibility index (Phi) is 7.06. The summed E-state index contributed by atoms with van der Waals surface area (Å²) in [6.07, 6.45) is 2.75. The fraction of sp³-hybridized carbons (Fsp3) is 0.556. The number of hydrogen-bond donors (Lipinski definition) is 2. The average Bonchev–Trinajstić information content (AvgIpc) is 2.60. The molecule has 2 rings (SSSR count). The van der Waals surface area contributed by atoms with E-state index in [1.54, 1.807) is 11.9 Å². The number of rotatable bonds is 7. The van der Waals surface area contributed by atoms with Gasteiger partial charge in [0.15, 0.2) is 0 Å². The van der Waals surface area contributed by atoms with Gasteiger partial charge in [-0.2, -0.15) is 0 Å². The standard InChI is InChI=1S/C18H26N2O4/c1-20(16-9-11-24-12-10-16)18(23)19-15(7-8-17(21)22)13-14-5-3-2-4-6-14/h2-6,15-16H,7-13H2,1H3,(H,19,23)(H,21,22). The number of urea groups is 1. The van der Waals surface area contributed by atoms with Gasteiger partial charge in [-0.15, -0.1) is 0 Å². The van der Waals surface area contributed by atoms with Crippen molar-refractivity contribution in [2.24, 2.45) is 0 Å². The molecule has 24 heavy (non-hydrogen) atoms. The maximum absolute atomic E-state index is 12.5. The number of aliphatic carboxylic acids is 1. The van der Waals surface area contributed by atoms with Crippen LogP contribution in [0.3, 0.4) is 0 Å². The highest BCUT2D eigenvalue weighted by Crippen LogP contribution is 2.14. The Bertz CT molecular complexity index is 529. The molecule has 6 nitrogen and oxygen atoms in total. The molecule has 1 heterocycles. The minimum atomic E-state index is -0.847. The molecule has 1 atom stereocenters. The van der Waals surface area contributed by atoms with E-state index in [0.717, 1.165) is 18.4 Å². The Morgan fingerprint density at radius 1 is 1.29 bits per heavy atom. The lowest BCUT2D eigenvalue weighted by Gasteiger charge is -2.32. The Morgan fingerprint density at radius 3 is 2.58 bits per heavy atom. The molecule has 1 aliphatic rings. The number of hydrogen-bond acceptors (Lipinski definition) is 3. The van der Waals surface area contributed by atoms with E-state index in [-0.39, 0.29) is 24.5 Å². The predicted molar refractivity (Wildman–Crippen MR) is 90.9 cm³/mol. The SMILES string of the molecule is CN(C(=O)NC(CCC(=O)O)Cc1ccccc1)C1CCOCC1. The minimum absolute atomic E-state index is 0.0404. The molecule has 132 valence electrons. The summed E-state index contributed by atoms with van der Waals surface area (Å²) in [5, 5.41) is 11.9. The summed E-state index contributed by atoms with van der Waals surface area (Å²) in [6, 6.07) is 9.64. The summed E-state index contributed by atoms with van der Waals surface area (Å²) in [7, 11) is 1.79. The van der Waals surface area contributed by atoms with Gasteiger partial charge in [0.05, 0.1) is 0 Å². The number of amides is 2. The van der Waals surface area contributed by atoms with Crippen LogP contribution >= 0.6 is 0 Å². The number of ether oxygens (including phenoxy) is 1.